The van der Waals surface area contributed by atoms with E-state index in [1.807, 2.05) is 0 Å². The Hall–Kier alpha value is -2.75. The predicted molar refractivity (Wildman–Crippen MR) is 82.2 cm³/mol. The molecule has 0 saturated heterocycles. The van der Waals surface area contributed by atoms with Crippen molar-refractivity contribution in [2.75, 3.05) is 0 Å². The van der Waals surface area contributed by atoms with Crippen LogP contribution in [0.5, 0.6) is 0 Å². The van der Waals surface area contributed by atoms with E-state index in [1.165, 1.54) is 0 Å². The summed E-state index contributed by atoms with van der Waals surface area (Å²) in [7, 11) is 0. The fourth-order valence-corrected chi connectivity index (χ4v) is 2.50. The largest absolute Gasteiger partial charge is 0.478 e. The predicted octanol–water partition coefficient (Wildman–Crippen LogP) is 9.11. The molecule has 0 bridgehead atoms. The summed E-state index contributed by atoms with van der Waals surface area (Å²) in [5.74, 6) is -120. The van der Waals surface area contributed by atoms with Gasteiger partial charge in [-0.25, -0.2) is 9.18 Å². The second-order valence-electron chi connectivity index (χ2n) is 8.22. The van der Waals surface area contributed by atoms with E-state index in [4.69, 9.17) is 5.11 Å². The normalized spacial score (nSPS) is 17.0. The van der Waals surface area contributed by atoms with Gasteiger partial charge in [0, 0.05) is 0 Å². The number of halogens is 28. The number of aliphatic carboxylic acids is 1. The van der Waals surface area contributed by atoms with Crippen LogP contribution < -0.4 is 0 Å². The number of rotatable bonds is 13. The van der Waals surface area contributed by atoms with Gasteiger partial charge in [-0.2, -0.15) is 119 Å². The monoisotopic (exact) mass is 758 g/mol. The van der Waals surface area contributed by atoms with Gasteiger partial charge >= 0.3 is 83.2 Å². The molecule has 0 saturated carbocycles. The van der Waals surface area contributed by atoms with Gasteiger partial charge in [-0.15, -0.1) is 0 Å². The number of alkyl halides is 27. The van der Waals surface area contributed by atoms with Crippen molar-refractivity contribution in [3.05, 3.63) is 11.9 Å². The van der Waals surface area contributed by atoms with Gasteiger partial charge in [0.15, 0.2) is 5.83 Å². The second kappa shape index (κ2) is 10.6. The van der Waals surface area contributed by atoms with E-state index in [1.54, 1.807) is 0 Å². The average Bonchev–Trinajstić information content (AvgIpc) is 2.81. The minimum absolute atomic E-state index is 1.95. The molecule has 0 radical (unpaired) electrons. The molecule has 0 unspecified atom stereocenters. The highest BCUT2D eigenvalue weighted by molar-refractivity contribution is 5.80. The summed E-state index contributed by atoms with van der Waals surface area (Å²) in [6.07, 6.45) is -10.2. The zero-order valence-electron chi connectivity index (χ0n) is 19.5. The maximum atomic E-state index is 13.7. The Morgan fingerprint density at radius 1 is 0.348 bits per heavy atom. The molecule has 1 N–H and O–H groups in total. The lowest BCUT2D eigenvalue weighted by molar-refractivity contribution is -0.484. The first-order valence-electron chi connectivity index (χ1n) is 9.55. The maximum absolute atomic E-state index is 13.7. The van der Waals surface area contributed by atoms with E-state index in [2.05, 4.69) is 0 Å². The van der Waals surface area contributed by atoms with Gasteiger partial charge < -0.3 is 5.11 Å². The van der Waals surface area contributed by atoms with Crippen molar-refractivity contribution in [1.29, 1.82) is 0 Å². The highest BCUT2D eigenvalue weighted by Gasteiger charge is 3.00. The van der Waals surface area contributed by atoms with Gasteiger partial charge in [-0.1, -0.05) is 0 Å². The molecular formula is C16H2F28O2. The maximum Gasteiger partial charge on any atom is 0.460 e. The van der Waals surface area contributed by atoms with E-state index in [0.717, 1.165) is 0 Å². The van der Waals surface area contributed by atoms with Crippen LogP contribution in [0, 0.1) is 0 Å². The lowest BCUT2D eigenvalue weighted by atomic mass is 9.84. The van der Waals surface area contributed by atoms with E-state index in [-0.39, 0.29) is 0 Å². The van der Waals surface area contributed by atoms with Crippen molar-refractivity contribution in [2.45, 2.75) is 77.2 Å². The first-order valence-corrected chi connectivity index (χ1v) is 9.55. The number of hydrogen-bond donors (Lipinski definition) is 1. The van der Waals surface area contributed by atoms with E-state index in [9.17, 15) is 128 Å². The van der Waals surface area contributed by atoms with Crippen molar-refractivity contribution in [3.8, 4) is 0 Å². The van der Waals surface area contributed by atoms with Crippen molar-refractivity contribution >= 4 is 5.97 Å². The Kier molecular flexibility index (Phi) is 9.99. The third-order valence-corrected chi connectivity index (χ3v) is 5.24. The molecule has 0 atom stereocenters. The molecule has 0 aromatic heterocycles. The molecule has 46 heavy (non-hydrogen) atoms. The molecule has 0 fully saturated rings. The molecular weight excluding hydrogens is 756 g/mol. The Balaban J connectivity index is 7.54. The van der Waals surface area contributed by atoms with Crippen molar-refractivity contribution in [1.82, 2.24) is 0 Å². The molecule has 0 aromatic carbocycles. The topological polar surface area (TPSA) is 37.3 Å². The van der Waals surface area contributed by atoms with Gasteiger partial charge in [-0.05, 0) is 0 Å². The third kappa shape index (κ3) is 5.03. The standard InChI is InChI=1S/C16H2F28O2/c17-2(1-3(45)46)4(18,19)5(20,21)6(22,23)7(24,25)8(26,27)9(28,29)10(30,31)11(32,33)12(34,35)13(36,37)14(38,39)15(40,41)16(42,43)44/h1H,(H,45,46)/b2-1-. The van der Waals surface area contributed by atoms with Gasteiger partial charge in [0.05, 0.1) is 6.08 Å². The van der Waals surface area contributed by atoms with E-state index < -0.39 is 95.1 Å². The second-order valence-corrected chi connectivity index (χ2v) is 8.22. The number of hydrogen-bond acceptors (Lipinski definition) is 1. The molecule has 30 heteroatoms. The van der Waals surface area contributed by atoms with Crippen LogP contribution in [0.1, 0.15) is 0 Å². The molecule has 0 amide bonds. The van der Waals surface area contributed by atoms with Gasteiger partial charge in [0.1, 0.15) is 0 Å². The minimum atomic E-state index is -9.91. The third-order valence-electron chi connectivity index (χ3n) is 5.24. The fourth-order valence-electron chi connectivity index (χ4n) is 2.50. The van der Waals surface area contributed by atoms with Crippen LogP contribution in [0.4, 0.5) is 123 Å². The quantitative estimate of drug-likeness (QED) is 0.150. The fraction of sp³-hybridized carbons (Fsp3) is 0.812. The van der Waals surface area contributed by atoms with E-state index in [0.29, 0.717) is 0 Å². The molecule has 0 aromatic rings. The molecule has 0 aliphatic heterocycles. The van der Waals surface area contributed by atoms with Gasteiger partial charge in [0.25, 0.3) is 0 Å². The molecule has 0 spiro atoms. The molecule has 0 aliphatic rings. The minimum Gasteiger partial charge on any atom is -0.478 e. The molecule has 274 valence electrons. The SMILES string of the molecule is O=C(O)/C=C(\F)C(F)(F)C(F)(F)C(F)(F)C(F)(F)C(F)(F)C(F)(F)C(F)(F)C(F)(F)C(F)(F)C(F)(F)C(F)(F)C(F)(F)C(F)(F)F. The van der Waals surface area contributed by atoms with E-state index >= 15 is 0 Å². The zero-order valence-corrected chi connectivity index (χ0v) is 19.5. The van der Waals surface area contributed by atoms with Gasteiger partial charge in [-0.3, -0.25) is 0 Å². The average molecular weight is 758 g/mol. The van der Waals surface area contributed by atoms with Crippen molar-refractivity contribution < 1.29 is 133 Å². The summed E-state index contributed by atoms with van der Waals surface area (Å²) in [5, 5.41) is 7.87. The summed E-state index contributed by atoms with van der Waals surface area (Å²) in [6.45, 7) is 0. The molecule has 2 nitrogen and oxygen atoms in total. The number of carboxylic acids is 1. The molecule has 0 aliphatic carbocycles. The van der Waals surface area contributed by atoms with Crippen LogP contribution in [-0.4, -0.2) is 88.3 Å². The van der Waals surface area contributed by atoms with Crippen LogP contribution in [0.3, 0.4) is 0 Å². The Labute approximate surface area is 229 Å². The van der Waals surface area contributed by atoms with Crippen LogP contribution in [0.15, 0.2) is 11.9 Å². The Bertz CT molecular complexity index is 1190. The zero-order chi connectivity index (χ0) is 38.4. The summed E-state index contributed by atoms with van der Waals surface area (Å²) < 4.78 is 371. The van der Waals surface area contributed by atoms with Crippen LogP contribution >= 0.6 is 0 Å². The van der Waals surface area contributed by atoms with Gasteiger partial charge in [0.2, 0.25) is 0 Å². The summed E-state index contributed by atoms with van der Waals surface area (Å²) in [5.41, 5.74) is 0. The van der Waals surface area contributed by atoms with Crippen molar-refractivity contribution in [3.63, 3.8) is 0 Å². The van der Waals surface area contributed by atoms with Crippen LogP contribution in [-0.2, 0) is 4.79 Å². The van der Waals surface area contributed by atoms with Crippen LogP contribution in [0.2, 0.25) is 0 Å². The summed E-state index contributed by atoms with van der Waals surface area (Å²) in [4.78, 5) is 9.98. The highest BCUT2D eigenvalue weighted by Crippen LogP contribution is 2.68. The number of carbonyl (C=O) groups is 1. The first kappa shape index (κ1) is 43.2. The highest BCUT2D eigenvalue weighted by atomic mass is 19.4. The number of allylic oxidation sites excluding steroid dienone is 1. The van der Waals surface area contributed by atoms with Crippen molar-refractivity contribution in [2.24, 2.45) is 0 Å². The molecule has 0 rings (SSSR count). The lowest BCUT2D eigenvalue weighted by Gasteiger charge is -2.46. The lowest BCUT2D eigenvalue weighted by Crippen LogP contribution is -2.78. The number of carboxylic acid groups (broad SMARTS) is 1. The Morgan fingerprint density at radius 3 is 0.696 bits per heavy atom. The Morgan fingerprint density at radius 2 is 0.522 bits per heavy atom. The first-order chi connectivity index (χ1) is 19.3. The smallest absolute Gasteiger partial charge is 0.460 e. The van der Waals surface area contributed by atoms with Crippen LogP contribution in [0.25, 0.3) is 0 Å². The summed E-state index contributed by atoms with van der Waals surface area (Å²) >= 11 is 0. The summed E-state index contributed by atoms with van der Waals surface area (Å²) in [6, 6.07) is 0. The molecule has 0 heterocycles.